The van der Waals surface area contributed by atoms with E-state index in [2.05, 4.69) is 13.8 Å². The van der Waals surface area contributed by atoms with Crippen LogP contribution in [-0.2, 0) is 0 Å². The van der Waals surface area contributed by atoms with Gasteiger partial charge >= 0.3 is 5.69 Å². The molecule has 0 aromatic heterocycles. The minimum absolute atomic E-state index is 0.159. The summed E-state index contributed by atoms with van der Waals surface area (Å²) in [6.07, 6.45) is 0.831. The predicted octanol–water partition coefficient (Wildman–Crippen LogP) is 2.89. The first-order valence-corrected chi connectivity index (χ1v) is 5.36. The van der Waals surface area contributed by atoms with Gasteiger partial charge in [-0.1, -0.05) is 13.8 Å². The van der Waals surface area contributed by atoms with Crippen LogP contribution in [0.1, 0.15) is 25.8 Å². The molecule has 0 bridgehead atoms. The predicted molar refractivity (Wildman–Crippen MR) is 62.8 cm³/mol. The summed E-state index contributed by atoms with van der Waals surface area (Å²) in [4.78, 5) is 10.3. The molecule has 90 valence electrons. The number of ether oxygens (including phenoxy) is 1. The average Bonchev–Trinajstić information content (AvgIpc) is 2.28. The van der Waals surface area contributed by atoms with Gasteiger partial charge in [0.2, 0.25) is 0 Å². The lowest BCUT2D eigenvalue weighted by Crippen LogP contribution is -2.03. The van der Waals surface area contributed by atoms with Gasteiger partial charge < -0.3 is 4.74 Å². The van der Waals surface area contributed by atoms with Crippen LogP contribution < -0.4 is 4.74 Å². The second kappa shape index (κ2) is 5.85. The monoisotopic (exact) mass is 234 g/mol. The first kappa shape index (κ1) is 13.0. The smallest absolute Gasteiger partial charge is 0.312 e. The molecule has 0 aliphatic heterocycles. The van der Waals surface area contributed by atoms with Gasteiger partial charge in [-0.15, -0.1) is 0 Å². The Morgan fingerprint density at radius 2 is 2.24 bits per heavy atom. The third kappa shape index (κ3) is 3.76. The van der Waals surface area contributed by atoms with Crippen molar-refractivity contribution in [1.82, 2.24) is 0 Å². The van der Waals surface area contributed by atoms with Crippen molar-refractivity contribution < 1.29 is 9.66 Å². The third-order valence-electron chi connectivity index (χ3n) is 2.24. The van der Waals surface area contributed by atoms with Crippen LogP contribution in [0.4, 0.5) is 5.69 Å². The van der Waals surface area contributed by atoms with Crippen molar-refractivity contribution in [2.24, 2.45) is 5.92 Å². The van der Waals surface area contributed by atoms with Crippen LogP contribution in [0.15, 0.2) is 18.2 Å². The molecule has 17 heavy (non-hydrogen) atoms. The molecule has 0 atom stereocenters. The molecular weight excluding hydrogens is 220 g/mol. The van der Waals surface area contributed by atoms with Crippen LogP contribution in [0.25, 0.3) is 0 Å². The van der Waals surface area contributed by atoms with E-state index in [0.717, 1.165) is 6.42 Å². The Hall–Kier alpha value is -2.09. The molecule has 0 unspecified atom stereocenters. The van der Waals surface area contributed by atoms with Gasteiger partial charge in [-0.05, 0) is 24.5 Å². The van der Waals surface area contributed by atoms with Crippen molar-refractivity contribution in [2.45, 2.75) is 20.3 Å². The van der Waals surface area contributed by atoms with Crippen LogP contribution in [0.3, 0.4) is 0 Å². The molecule has 0 fully saturated rings. The van der Waals surface area contributed by atoms with Crippen molar-refractivity contribution in [3.8, 4) is 11.8 Å². The Kier molecular flexibility index (Phi) is 4.46. The fraction of sp³-hybridized carbons (Fsp3) is 0.417. The van der Waals surface area contributed by atoms with Crippen LogP contribution in [0.2, 0.25) is 0 Å². The molecule has 0 radical (unpaired) electrons. The molecule has 1 aromatic rings. The molecule has 0 N–H and O–H groups in total. The molecule has 0 aliphatic carbocycles. The molecular formula is C12H14N2O3. The van der Waals surface area contributed by atoms with Crippen molar-refractivity contribution in [2.75, 3.05) is 6.61 Å². The first-order chi connectivity index (χ1) is 8.04. The van der Waals surface area contributed by atoms with Gasteiger partial charge in [-0.2, -0.15) is 5.26 Å². The lowest BCUT2D eigenvalue weighted by molar-refractivity contribution is -0.385. The summed E-state index contributed by atoms with van der Waals surface area (Å²) in [5, 5.41) is 19.5. The second-order valence-corrected chi connectivity index (χ2v) is 4.08. The van der Waals surface area contributed by atoms with E-state index in [1.54, 1.807) is 0 Å². The summed E-state index contributed by atoms with van der Waals surface area (Å²) in [7, 11) is 0. The number of nitro groups is 1. The van der Waals surface area contributed by atoms with E-state index in [9.17, 15) is 10.1 Å². The summed E-state index contributed by atoms with van der Waals surface area (Å²) in [5.41, 5.74) is 0.0979. The summed E-state index contributed by atoms with van der Waals surface area (Å²) in [5.74, 6) is 0.696. The standard InChI is InChI=1S/C12H14N2O3/c1-9(2)5-6-17-12-4-3-10(8-13)7-11(12)14(15)16/h3-4,7,9H,5-6H2,1-2H3. The van der Waals surface area contributed by atoms with Crippen LogP contribution in [0, 0.1) is 27.4 Å². The quantitative estimate of drug-likeness (QED) is 0.579. The zero-order chi connectivity index (χ0) is 12.8. The van der Waals surface area contributed by atoms with Crippen LogP contribution in [-0.4, -0.2) is 11.5 Å². The molecule has 1 rings (SSSR count). The number of nitro benzene ring substituents is 1. The highest BCUT2D eigenvalue weighted by atomic mass is 16.6. The van der Waals surface area contributed by atoms with Crippen molar-refractivity contribution in [3.05, 3.63) is 33.9 Å². The SMILES string of the molecule is CC(C)CCOc1ccc(C#N)cc1[N+](=O)[O-]. The van der Waals surface area contributed by atoms with Gasteiger partial charge in [-0.3, -0.25) is 10.1 Å². The van der Waals surface area contributed by atoms with Crippen LogP contribution in [0.5, 0.6) is 5.75 Å². The van der Waals surface area contributed by atoms with Crippen molar-refractivity contribution >= 4 is 5.69 Å². The molecule has 0 saturated carbocycles. The highest BCUT2D eigenvalue weighted by Gasteiger charge is 2.15. The molecule has 0 heterocycles. The van der Waals surface area contributed by atoms with Crippen LogP contribution >= 0.6 is 0 Å². The maximum absolute atomic E-state index is 10.8. The number of benzene rings is 1. The molecule has 5 heteroatoms. The summed E-state index contributed by atoms with van der Waals surface area (Å²) < 4.78 is 5.36. The van der Waals surface area contributed by atoms with Gasteiger partial charge in [0.25, 0.3) is 0 Å². The Labute approximate surface area is 99.8 Å². The number of nitriles is 1. The number of hydrogen-bond donors (Lipinski definition) is 0. The third-order valence-corrected chi connectivity index (χ3v) is 2.24. The largest absolute Gasteiger partial charge is 0.487 e. The highest BCUT2D eigenvalue weighted by Crippen LogP contribution is 2.27. The van der Waals surface area contributed by atoms with Gasteiger partial charge in [0.15, 0.2) is 5.75 Å². The average molecular weight is 234 g/mol. The summed E-state index contributed by atoms with van der Waals surface area (Å²) >= 11 is 0. The van der Waals surface area contributed by atoms with E-state index in [0.29, 0.717) is 12.5 Å². The zero-order valence-electron chi connectivity index (χ0n) is 9.84. The molecule has 0 saturated heterocycles. The maximum atomic E-state index is 10.8. The van der Waals surface area contributed by atoms with Gasteiger partial charge in [-0.25, -0.2) is 0 Å². The first-order valence-electron chi connectivity index (χ1n) is 5.36. The Balaban J connectivity index is 2.84. The fourth-order valence-corrected chi connectivity index (χ4v) is 1.26. The van der Waals surface area contributed by atoms with E-state index in [1.807, 2.05) is 6.07 Å². The fourth-order valence-electron chi connectivity index (χ4n) is 1.26. The van der Waals surface area contributed by atoms with Crippen molar-refractivity contribution in [3.63, 3.8) is 0 Å². The Morgan fingerprint density at radius 1 is 1.53 bits per heavy atom. The minimum atomic E-state index is -0.536. The maximum Gasteiger partial charge on any atom is 0.312 e. The normalized spacial score (nSPS) is 10.0. The lowest BCUT2D eigenvalue weighted by atomic mass is 10.1. The van der Waals surface area contributed by atoms with E-state index >= 15 is 0 Å². The van der Waals surface area contributed by atoms with E-state index in [-0.39, 0.29) is 17.0 Å². The molecule has 0 aliphatic rings. The number of nitrogens with zero attached hydrogens (tertiary/aromatic N) is 2. The van der Waals surface area contributed by atoms with E-state index in [1.165, 1.54) is 18.2 Å². The number of hydrogen-bond acceptors (Lipinski definition) is 4. The Morgan fingerprint density at radius 3 is 2.76 bits per heavy atom. The minimum Gasteiger partial charge on any atom is -0.487 e. The van der Waals surface area contributed by atoms with Crippen molar-refractivity contribution in [1.29, 1.82) is 5.26 Å². The van der Waals surface area contributed by atoms with Gasteiger partial charge in [0.05, 0.1) is 23.2 Å². The van der Waals surface area contributed by atoms with Gasteiger partial charge in [0, 0.05) is 6.07 Å². The van der Waals surface area contributed by atoms with Gasteiger partial charge in [0.1, 0.15) is 0 Å². The summed E-state index contributed by atoms with van der Waals surface area (Å²) in [6.45, 7) is 4.54. The van der Waals surface area contributed by atoms with E-state index < -0.39 is 4.92 Å². The number of rotatable bonds is 5. The molecule has 1 aromatic carbocycles. The molecule has 5 nitrogen and oxygen atoms in total. The second-order valence-electron chi connectivity index (χ2n) is 4.08. The van der Waals surface area contributed by atoms with E-state index in [4.69, 9.17) is 10.00 Å². The molecule has 0 amide bonds. The lowest BCUT2D eigenvalue weighted by Gasteiger charge is -2.08. The highest BCUT2D eigenvalue weighted by molar-refractivity contribution is 5.51. The zero-order valence-corrected chi connectivity index (χ0v) is 9.84. The summed E-state index contributed by atoms with van der Waals surface area (Å²) in [6, 6.07) is 6.07. The molecule has 0 spiro atoms. The topological polar surface area (TPSA) is 76.2 Å². The Bertz CT molecular complexity index is 450.